The normalized spacial score (nSPS) is 14.4. The minimum atomic E-state index is -3.38. The summed E-state index contributed by atoms with van der Waals surface area (Å²) in [6.45, 7) is 4.42. The van der Waals surface area contributed by atoms with Crippen LogP contribution in [0.3, 0.4) is 0 Å². The van der Waals surface area contributed by atoms with Gasteiger partial charge in [-0.3, -0.25) is 0 Å². The number of hydrogen-bond acceptors (Lipinski definition) is 9. The van der Waals surface area contributed by atoms with Crippen molar-refractivity contribution in [2.75, 3.05) is 38.2 Å². The van der Waals surface area contributed by atoms with E-state index in [-0.39, 0.29) is 42.2 Å². The summed E-state index contributed by atoms with van der Waals surface area (Å²) in [4.78, 5) is 25.6. The molecule has 1 N–H and O–H groups in total. The summed E-state index contributed by atoms with van der Waals surface area (Å²) in [6.07, 6.45) is 1.36. The summed E-state index contributed by atoms with van der Waals surface area (Å²) >= 11 is 4.77. The van der Waals surface area contributed by atoms with Crippen LogP contribution in [0.2, 0.25) is 0 Å². The summed E-state index contributed by atoms with van der Waals surface area (Å²) in [7, 11) is -3.38. The first-order chi connectivity index (χ1) is 19.7. The Morgan fingerprint density at radius 2 is 1.73 bits per heavy atom. The Labute approximate surface area is 253 Å². The highest BCUT2D eigenvalue weighted by atomic mass is 79.9. The van der Waals surface area contributed by atoms with Crippen LogP contribution in [-0.2, 0) is 30.0 Å². The van der Waals surface area contributed by atoms with E-state index in [9.17, 15) is 18.0 Å². The average Bonchev–Trinajstić information content (AvgIpc) is 3.29. The van der Waals surface area contributed by atoms with E-state index in [0.29, 0.717) is 30.4 Å². The van der Waals surface area contributed by atoms with Crippen LogP contribution in [0, 0.1) is 0 Å². The van der Waals surface area contributed by atoms with Gasteiger partial charge in [0.25, 0.3) is 0 Å². The topological polar surface area (TPSA) is 111 Å². The van der Waals surface area contributed by atoms with E-state index in [1.165, 1.54) is 11.3 Å². The maximum absolute atomic E-state index is 12.9. The molecule has 0 spiro atoms. The molecule has 9 nitrogen and oxygen atoms in total. The van der Waals surface area contributed by atoms with Crippen molar-refractivity contribution in [2.24, 2.45) is 0 Å². The Balaban J connectivity index is 1.45. The molecule has 2 aromatic carbocycles. The van der Waals surface area contributed by atoms with Gasteiger partial charge in [0.05, 0.1) is 28.3 Å². The maximum Gasteiger partial charge on any atom is 0.352 e. The number of sulfonamides is 1. The number of nitrogens with zero attached hydrogens (tertiary/aromatic N) is 1. The number of benzene rings is 2. The van der Waals surface area contributed by atoms with E-state index in [1.807, 2.05) is 54.6 Å². The predicted molar refractivity (Wildman–Crippen MR) is 163 cm³/mol. The Morgan fingerprint density at radius 3 is 2.41 bits per heavy atom. The van der Waals surface area contributed by atoms with Gasteiger partial charge in [-0.05, 0) is 65.9 Å². The van der Waals surface area contributed by atoms with Crippen molar-refractivity contribution in [1.82, 2.24) is 4.31 Å². The van der Waals surface area contributed by atoms with E-state index >= 15 is 0 Å². The first-order valence-corrected chi connectivity index (χ1v) is 16.6. The number of esters is 2. The molecule has 0 radical (unpaired) electrons. The SMILES string of the molecule is CCOC(=O)COc1c(C(=O)OCC)sc(-c2cccc(NC3CCN(S(=O)(=O)Cc4ccccc4)CC3)c2)c1Br. The summed E-state index contributed by atoms with van der Waals surface area (Å²) in [5.74, 6) is -0.833. The van der Waals surface area contributed by atoms with E-state index in [1.54, 1.807) is 18.2 Å². The van der Waals surface area contributed by atoms with Crippen molar-refractivity contribution in [1.29, 1.82) is 0 Å². The van der Waals surface area contributed by atoms with Gasteiger partial charge in [-0.15, -0.1) is 11.3 Å². The molecule has 0 saturated carbocycles. The number of carbonyl (C=O) groups excluding carboxylic acids is 2. The van der Waals surface area contributed by atoms with Crippen molar-refractivity contribution in [2.45, 2.75) is 38.5 Å². The first kappa shape index (κ1) is 31.0. The third-order valence-electron chi connectivity index (χ3n) is 6.44. The molecule has 3 aromatic rings. The summed E-state index contributed by atoms with van der Waals surface area (Å²) in [5.41, 5.74) is 2.50. The third kappa shape index (κ3) is 8.09. The lowest BCUT2D eigenvalue weighted by Crippen LogP contribution is -2.42. The molecule has 0 atom stereocenters. The number of nitrogens with one attached hydrogen (secondary N) is 1. The number of anilines is 1. The summed E-state index contributed by atoms with van der Waals surface area (Å²) in [5, 5.41) is 3.53. The van der Waals surface area contributed by atoms with Crippen LogP contribution >= 0.6 is 27.3 Å². The van der Waals surface area contributed by atoms with Gasteiger partial charge in [0, 0.05) is 24.8 Å². The van der Waals surface area contributed by atoms with Crippen molar-refractivity contribution < 1.29 is 32.2 Å². The second-order valence-corrected chi connectivity index (χ2v) is 13.1. The standard InChI is InChI=1S/C29H33BrN2O7S2/c1-3-37-24(33)18-39-26-25(30)27(40-28(26)29(34)38-4-2)21-11-8-12-23(17-21)31-22-13-15-32(16-14-22)41(35,36)19-20-9-6-5-7-10-20/h5-12,17,22,31H,3-4,13-16,18-19H2,1-2H3. The Hall–Kier alpha value is -2.93. The number of piperidine rings is 1. The van der Waals surface area contributed by atoms with Gasteiger partial charge in [-0.2, -0.15) is 0 Å². The molecule has 12 heteroatoms. The number of rotatable bonds is 12. The molecule has 1 aliphatic rings. The lowest BCUT2D eigenvalue weighted by atomic mass is 10.1. The van der Waals surface area contributed by atoms with Gasteiger partial charge in [0.1, 0.15) is 0 Å². The molecule has 4 rings (SSSR count). The Morgan fingerprint density at radius 1 is 1.02 bits per heavy atom. The van der Waals surface area contributed by atoms with E-state index in [0.717, 1.165) is 21.7 Å². The lowest BCUT2D eigenvalue weighted by molar-refractivity contribution is -0.145. The second-order valence-electron chi connectivity index (χ2n) is 9.36. The van der Waals surface area contributed by atoms with Crippen LogP contribution in [0.5, 0.6) is 5.75 Å². The predicted octanol–water partition coefficient (Wildman–Crippen LogP) is 5.70. The largest absolute Gasteiger partial charge is 0.479 e. The zero-order valence-corrected chi connectivity index (χ0v) is 26.1. The molecule has 1 aromatic heterocycles. The fraction of sp³-hybridized carbons (Fsp3) is 0.379. The monoisotopic (exact) mass is 664 g/mol. The van der Waals surface area contributed by atoms with Gasteiger partial charge in [0.2, 0.25) is 10.0 Å². The van der Waals surface area contributed by atoms with Crippen molar-refractivity contribution in [3.63, 3.8) is 0 Å². The van der Waals surface area contributed by atoms with Gasteiger partial charge in [-0.25, -0.2) is 22.3 Å². The van der Waals surface area contributed by atoms with E-state index in [4.69, 9.17) is 14.2 Å². The molecule has 0 aliphatic carbocycles. The zero-order chi connectivity index (χ0) is 29.4. The van der Waals surface area contributed by atoms with Crippen LogP contribution < -0.4 is 10.1 Å². The van der Waals surface area contributed by atoms with Gasteiger partial charge < -0.3 is 19.5 Å². The van der Waals surface area contributed by atoms with Crippen molar-refractivity contribution >= 4 is 54.9 Å². The molecule has 2 heterocycles. The molecule has 41 heavy (non-hydrogen) atoms. The highest BCUT2D eigenvalue weighted by molar-refractivity contribution is 9.10. The molecule has 0 bridgehead atoms. The van der Waals surface area contributed by atoms with Crippen LogP contribution in [0.4, 0.5) is 5.69 Å². The molecule has 0 amide bonds. The minimum absolute atomic E-state index is 0.00293. The molecule has 220 valence electrons. The Kier molecular flexibility index (Phi) is 10.8. The van der Waals surface area contributed by atoms with E-state index < -0.39 is 22.0 Å². The number of thiophene rings is 1. The molecule has 1 saturated heterocycles. The maximum atomic E-state index is 12.9. The summed E-state index contributed by atoms with van der Waals surface area (Å²) < 4.78 is 43.8. The molecular weight excluding hydrogens is 632 g/mol. The zero-order valence-electron chi connectivity index (χ0n) is 22.9. The minimum Gasteiger partial charge on any atom is -0.479 e. The number of halogens is 1. The third-order valence-corrected chi connectivity index (χ3v) is 10.5. The molecule has 0 unspecified atom stereocenters. The number of hydrogen-bond donors (Lipinski definition) is 1. The van der Waals surface area contributed by atoms with Gasteiger partial charge in [0.15, 0.2) is 17.2 Å². The molecule has 1 fully saturated rings. The first-order valence-electron chi connectivity index (χ1n) is 13.4. The fourth-order valence-electron chi connectivity index (χ4n) is 4.52. The number of carbonyl (C=O) groups is 2. The number of ether oxygens (including phenoxy) is 3. The average molecular weight is 666 g/mol. The molecular formula is C29H33BrN2O7S2. The fourth-order valence-corrected chi connectivity index (χ4v) is 8.02. The smallest absolute Gasteiger partial charge is 0.352 e. The second kappa shape index (κ2) is 14.3. The van der Waals surface area contributed by atoms with Gasteiger partial charge >= 0.3 is 11.9 Å². The van der Waals surface area contributed by atoms with Crippen LogP contribution in [-0.4, -0.2) is 63.6 Å². The van der Waals surface area contributed by atoms with Crippen LogP contribution in [0.25, 0.3) is 10.4 Å². The van der Waals surface area contributed by atoms with Crippen molar-refractivity contribution in [3.8, 4) is 16.2 Å². The van der Waals surface area contributed by atoms with Gasteiger partial charge in [-0.1, -0.05) is 42.5 Å². The highest BCUT2D eigenvalue weighted by Crippen LogP contribution is 2.46. The quantitative estimate of drug-likeness (QED) is 0.246. The van der Waals surface area contributed by atoms with Crippen LogP contribution in [0.1, 0.15) is 41.9 Å². The van der Waals surface area contributed by atoms with E-state index in [2.05, 4.69) is 21.2 Å². The Bertz CT molecular complexity index is 1450. The van der Waals surface area contributed by atoms with Crippen molar-refractivity contribution in [3.05, 3.63) is 69.5 Å². The molecule has 1 aliphatic heterocycles. The lowest BCUT2D eigenvalue weighted by Gasteiger charge is -2.32. The highest BCUT2D eigenvalue weighted by Gasteiger charge is 2.29. The van der Waals surface area contributed by atoms with Crippen LogP contribution in [0.15, 0.2) is 59.1 Å². The summed E-state index contributed by atoms with van der Waals surface area (Å²) in [6, 6.07) is 17.1.